The van der Waals surface area contributed by atoms with Crippen LogP contribution in [0.15, 0.2) is 15.9 Å². The molecule has 1 aromatic heterocycles. The fourth-order valence-electron chi connectivity index (χ4n) is 2.33. The zero-order valence-corrected chi connectivity index (χ0v) is 10.7. The van der Waals surface area contributed by atoms with Crippen molar-refractivity contribution < 1.29 is 9.90 Å². The highest BCUT2D eigenvalue weighted by molar-refractivity contribution is 9.10. The van der Waals surface area contributed by atoms with Gasteiger partial charge in [0.2, 0.25) is 0 Å². The van der Waals surface area contributed by atoms with Gasteiger partial charge in [-0.05, 0) is 47.2 Å². The van der Waals surface area contributed by atoms with Gasteiger partial charge in [0.25, 0.3) is 0 Å². The van der Waals surface area contributed by atoms with Crippen molar-refractivity contribution in [3.05, 3.63) is 20.8 Å². The van der Waals surface area contributed by atoms with Crippen LogP contribution in [0.2, 0.25) is 0 Å². The summed E-state index contributed by atoms with van der Waals surface area (Å²) < 4.78 is 1.10. The summed E-state index contributed by atoms with van der Waals surface area (Å²) in [7, 11) is 0. The Bertz CT molecular complexity index is 361. The second kappa shape index (κ2) is 4.66. The molecule has 2 unspecified atom stereocenters. The zero-order chi connectivity index (χ0) is 10.8. The van der Waals surface area contributed by atoms with Crippen molar-refractivity contribution in [3.8, 4) is 0 Å². The van der Waals surface area contributed by atoms with E-state index in [4.69, 9.17) is 5.11 Å². The van der Waals surface area contributed by atoms with Gasteiger partial charge in [0.1, 0.15) is 0 Å². The smallest absolute Gasteiger partial charge is 0.306 e. The first-order valence-electron chi connectivity index (χ1n) is 5.12. The fourth-order valence-corrected chi connectivity index (χ4v) is 3.87. The van der Waals surface area contributed by atoms with Crippen LogP contribution in [0, 0.1) is 11.8 Å². The summed E-state index contributed by atoms with van der Waals surface area (Å²) in [5.41, 5.74) is 0. The predicted octanol–water partition coefficient (Wildman–Crippen LogP) is 3.55. The number of hydrogen-bond acceptors (Lipinski definition) is 2. The lowest BCUT2D eigenvalue weighted by Gasteiger charge is -2.14. The number of carboxylic acids is 1. The molecule has 1 heterocycles. The maximum atomic E-state index is 11.0. The maximum absolute atomic E-state index is 11.0. The highest BCUT2D eigenvalue weighted by Gasteiger charge is 2.32. The normalized spacial score (nSPS) is 25.7. The molecule has 0 aliphatic heterocycles. The van der Waals surface area contributed by atoms with Crippen LogP contribution < -0.4 is 0 Å². The van der Waals surface area contributed by atoms with Crippen LogP contribution in [0.5, 0.6) is 0 Å². The van der Waals surface area contributed by atoms with Gasteiger partial charge in [0.15, 0.2) is 0 Å². The number of thiophene rings is 1. The Morgan fingerprint density at radius 2 is 2.40 bits per heavy atom. The summed E-state index contributed by atoms with van der Waals surface area (Å²) in [5.74, 6) is -0.396. The molecule has 2 atom stereocenters. The van der Waals surface area contributed by atoms with E-state index in [1.165, 1.54) is 4.88 Å². The molecule has 15 heavy (non-hydrogen) atoms. The predicted molar refractivity (Wildman–Crippen MR) is 64.2 cm³/mol. The van der Waals surface area contributed by atoms with Crippen LogP contribution in [0.3, 0.4) is 0 Å². The molecule has 1 N–H and O–H groups in total. The van der Waals surface area contributed by atoms with Crippen molar-refractivity contribution in [2.75, 3.05) is 0 Å². The first kappa shape index (κ1) is 11.1. The van der Waals surface area contributed by atoms with E-state index >= 15 is 0 Å². The van der Waals surface area contributed by atoms with Gasteiger partial charge >= 0.3 is 5.97 Å². The second-order valence-corrected chi connectivity index (χ2v) is 5.98. The highest BCUT2D eigenvalue weighted by atomic mass is 79.9. The van der Waals surface area contributed by atoms with E-state index in [1.54, 1.807) is 11.3 Å². The minimum absolute atomic E-state index is 0.120. The van der Waals surface area contributed by atoms with Gasteiger partial charge in [-0.1, -0.05) is 6.42 Å². The average Bonchev–Trinajstić information content (AvgIpc) is 2.75. The Morgan fingerprint density at radius 1 is 1.60 bits per heavy atom. The maximum Gasteiger partial charge on any atom is 0.306 e. The molecule has 1 fully saturated rings. The van der Waals surface area contributed by atoms with E-state index in [1.807, 2.05) is 0 Å². The first-order valence-corrected chi connectivity index (χ1v) is 6.80. The van der Waals surface area contributed by atoms with Gasteiger partial charge < -0.3 is 5.11 Å². The summed E-state index contributed by atoms with van der Waals surface area (Å²) in [6.07, 6.45) is 3.90. The van der Waals surface area contributed by atoms with Gasteiger partial charge in [-0.15, -0.1) is 11.3 Å². The Balaban J connectivity index is 2.02. The van der Waals surface area contributed by atoms with Crippen LogP contribution in [0.4, 0.5) is 0 Å². The van der Waals surface area contributed by atoms with Crippen LogP contribution in [-0.4, -0.2) is 11.1 Å². The second-order valence-electron chi connectivity index (χ2n) is 4.07. The molecule has 2 nitrogen and oxygen atoms in total. The number of aliphatic carboxylic acids is 1. The van der Waals surface area contributed by atoms with Crippen LogP contribution in [-0.2, 0) is 11.2 Å². The molecule has 1 aliphatic carbocycles. The average molecular weight is 289 g/mol. The molecule has 1 aromatic rings. The van der Waals surface area contributed by atoms with Gasteiger partial charge in [-0.2, -0.15) is 0 Å². The Hall–Kier alpha value is -0.350. The molecule has 0 radical (unpaired) electrons. The lowest BCUT2D eigenvalue weighted by Crippen LogP contribution is -2.19. The topological polar surface area (TPSA) is 37.3 Å². The van der Waals surface area contributed by atoms with E-state index in [2.05, 4.69) is 27.4 Å². The molecule has 1 saturated carbocycles. The van der Waals surface area contributed by atoms with E-state index in [-0.39, 0.29) is 5.92 Å². The van der Waals surface area contributed by atoms with Crippen LogP contribution >= 0.6 is 27.3 Å². The lowest BCUT2D eigenvalue weighted by atomic mass is 9.92. The summed E-state index contributed by atoms with van der Waals surface area (Å²) >= 11 is 5.13. The lowest BCUT2D eigenvalue weighted by molar-refractivity contribution is -0.142. The Morgan fingerprint density at radius 3 is 3.00 bits per heavy atom. The summed E-state index contributed by atoms with van der Waals surface area (Å²) in [6.45, 7) is 0. The van der Waals surface area contributed by atoms with E-state index in [9.17, 15) is 4.79 Å². The number of carbonyl (C=O) groups is 1. The van der Waals surface area contributed by atoms with Crippen LogP contribution in [0.1, 0.15) is 24.1 Å². The molecular formula is C11H13BrO2S. The zero-order valence-electron chi connectivity index (χ0n) is 8.28. The Kier molecular flexibility index (Phi) is 3.46. The third-order valence-corrected chi connectivity index (χ3v) is 4.78. The molecule has 4 heteroatoms. The number of hydrogen-bond donors (Lipinski definition) is 1. The van der Waals surface area contributed by atoms with E-state index in [0.717, 1.165) is 30.2 Å². The van der Waals surface area contributed by atoms with Crippen molar-refractivity contribution in [1.82, 2.24) is 0 Å². The third-order valence-electron chi connectivity index (χ3n) is 3.06. The van der Waals surface area contributed by atoms with Gasteiger partial charge in [-0.3, -0.25) is 4.79 Å². The van der Waals surface area contributed by atoms with Gasteiger partial charge in [-0.25, -0.2) is 0 Å². The molecule has 0 amide bonds. The van der Waals surface area contributed by atoms with Crippen molar-refractivity contribution in [2.24, 2.45) is 11.8 Å². The summed E-state index contributed by atoms with van der Waals surface area (Å²) in [4.78, 5) is 12.3. The van der Waals surface area contributed by atoms with Gasteiger partial charge in [0, 0.05) is 14.7 Å². The molecule has 0 bridgehead atoms. The summed E-state index contributed by atoms with van der Waals surface area (Å²) in [6, 6.07) is 2.10. The Labute approximate surface area is 101 Å². The molecule has 1 aliphatic rings. The fraction of sp³-hybridized carbons (Fsp3) is 0.545. The quantitative estimate of drug-likeness (QED) is 0.924. The number of carboxylic acid groups (broad SMARTS) is 1. The van der Waals surface area contributed by atoms with Gasteiger partial charge in [0.05, 0.1) is 5.92 Å². The minimum atomic E-state index is -0.617. The van der Waals surface area contributed by atoms with Crippen molar-refractivity contribution in [2.45, 2.75) is 25.7 Å². The molecule has 2 rings (SSSR count). The standard InChI is InChI=1S/C11H13BrO2S/c12-8-5-9(15-6-8)4-7-2-1-3-10(7)11(13)14/h5-7,10H,1-4H2,(H,13,14). The number of rotatable bonds is 3. The van der Waals surface area contributed by atoms with E-state index < -0.39 is 5.97 Å². The van der Waals surface area contributed by atoms with Crippen molar-refractivity contribution in [3.63, 3.8) is 0 Å². The monoisotopic (exact) mass is 288 g/mol. The van der Waals surface area contributed by atoms with Crippen molar-refractivity contribution in [1.29, 1.82) is 0 Å². The molecular weight excluding hydrogens is 276 g/mol. The summed E-state index contributed by atoms with van der Waals surface area (Å²) in [5, 5.41) is 11.1. The first-order chi connectivity index (χ1) is 7.16. The molecule has 0 saturated heterocycles. The molecule has 0 spiro atoms. The number of halogens is 1. The largest absolute Gasteiger partial charge is 0.481 e. The molecule has 82 valence electrons. The van der Waals surface area contributed by atoms with E-state index in [0.29, 0.717) is 5.92 Å². The van der Waals surface area contributed by atoms with Crippen molar-refractivity contribution >= 4 is 33.2 Å². The SMILES string of the molecule is O=C(O)C1CCCC1Cc1cc(Br)cs1. The minimum Gasteiger partial charge on any atom is -0.481 e. The highest BCUT2D eigenvalue weighted by Crippen LogP contribution is 2.36. The molecule has 0 aromatic carbocycles. The van der Waals surface area contributed by atoms with Crippen LogP contribution in [0.25, 0.3) is 0 Å². The third kappa shape index (κ3) is 2.61.